The third kappa shape index (κ3) is 4.28. The molecule has 0 aliphatic carbocycles. The van der Waals surface area contributed by atoms with Gasteiger partial charge in [0.2, 0.25) is 5.91 Å². The predicted molar refractivity (Wildman–Crippen MR) is 117 cm³/mol. The van der Waals surface area contributed by atoms with Gasteiger partial charge in [-0.15, -0.1) is 0 Å². The molecular formula is C24H29N3O4. The van der Waals surface area contributed by atoms with Crippen LogP contribution >= 0.6 is 0 Å². The molecule has 1 aromatic carbocycles. The minimum Gasteiger partial charge on any atom is -0.477 e. The van der Waals surface area contributed by atoms with Crippen LogP contribution in [0.1, 0.15) is 51.9 Å². The van der Waals surface area contributed by atoms with E-state index in [0.29, 0.717) is 44.1 Å². The number of carbonyl (C=O) groups is 2. The Morgan fingerprint density at radius 1 is 1.16 bits per heavy atom. The van der Waals surface area contributed by atoms with Crippen molar-refractivity contribution in [3.63, 3.8) is 0 Å². The van der Waals surface area contributed by atoms with Crippen molar-refractivity contribution in [3.05, 3.63) is 68.6 Å². The summed E-state index contributed by atoms with van der Waals surface area (Å²) >= 11 is 0. The molecular weight excluding hydrogens is 394 g/mol. The van der Waals surface area contributed by atoms with Crippen LogP contribution in [0.3, 0.4) is 0 Å². The average Bonchev–Trinajstić information content (AvgIpc) is 3.20. The lowest BCUT2D eigenvalue weighted by molar-refractivity contribution is -0.129. The smallest absolute Gasteiger partial charge is 0.341 e. The minimum atomic E-state index is -1.19. The van der Waals surface area contributed by atoms with E-state index in [1.807, 2.05) is 0 Å². The van der Waals surface area contributed by atoms with E-state index >= 15 is 0 Å². The summed E-state index contributed by atoms with van der Waals surface area (Å²) < 4.78 is 1.52. The van der Waals surface area contributed by atoms with Gasteiger partial charge in [0.15, 0.2) is 0 Å². The predicted octanol–water partition coefficient (Wildman–Crippen LogP) is 2.25. The molecule has 1 atom stereocenters. The van der Waals surface area contributed by atoms with Crippen LogP contribution < -0.4 is 5.56 Å². The Balaban J connectivity index is 1.51. The third-order valence-corrected chi connectivity index (χ3v) is 6.69. The van der Waals surface area contributed by atoms with E-state index in [-0.39, 0.29) is 11.5 Å². The highest BCUT2D eigenvalue weighted by atomic mass is 16.4. The van der Waals surface area contributed by atoms with Crippen molar-refractivity contribution < 1.29 is 14.7 Å². The highest BCUT2D eigenvalue weighted by Crippen LogP contribution is 2.29. The number of benzene rings is 1. The lowest BCUT2D eigenvalue weighted by Gasteiger charge is -2.29. The van der Waals surface area contributed by atoms with Crippen LogP contribution in [0.15, 0.2) is 35.3 Å². The SMILES string of the molecule is CC(=O)N1CCc2c(cn(CCN3CCC(c4ccccc4C)C3)c(=O)c2C(=O)O)C1. The topological polar surface area (TPSA) is 82.9 Å². The fourth-order valence-electron chi connectivity index (χ4n) is 4.95. The van der Waals surface area contributed by atoms with Crippen molar-refractivity contribution in [2.45, 2.75) is 45.7 Å². The molecule has 1 fully saturated rings. The number of aromatic carboxylic acids is 1. The molecule has 1 saturated heterocycles. The van der Waals surface area contributed by atoms with Gasteiger partial charge in [0.05, 0.1) is 0 Å². The zero-order valence-electron chi connectivity index (χ0n) is 18.1. The fourth-order valence-corrected chi connectivity index (χ4v) is 4.95. The Bertz CT molecular complexity index is 1070. The van der Waals surface area contributed by atoms with E-state index < -0.39 is 11.5 Å². The van der Waals surface area contributed by atoms with Crippen LogP contribution in [0.2, 0.25) is 0 Å². The van der Waals surface area contributed by atoms with Crippen molar-refractivity contribution in [2.24, 2.45) is 0 Å². The van der Waals surface area contributed by atoms with Gasteiger partial charge in [0.1, 0.15) is 5.56 Å². The lowest BCUT2D eigenvalue weighted by atomic mass is 9.94. The van der Waals surface area contributed by atoms with E-state index in [9.17, 15) is 19.5 Å². The highest BCUT2D eigenvalue weighted by molar-refractivity contribution is 5.89. The summed E-state index contributed by atoms with van der Waals surface area (Å²) in [6.07, 6.45) is 3.24. The van der Waals surface area contributed by atoms with E-state index in [1.165, 1.54) is 22.6 Å². The molecule has 0 saturated carbocycles. The van der Waals surface area contributed by atoms with Crippen molar-refractivity contribution in [3.8, 4) is 0 Å². The van der Waals surface area contributed by atoms with Crippen molar-refractivity contribution in [1.29, 1.82) is 0 Å². The fraction of sp³-hybridized carbons (Fsp3) is 0.458. The molecule has 2 aromatic rings. The van der Waals surface area contributed by atoms with E-state index in [0.717, 1.165) is 25.1 Å². The molecule has 31 heavy (non-hydrogen) atoms. The molecule has 1 unspecified atom stereocenters. The van der Waals surface area contributed by atoms with Gasteiger partial charge in [-0.3, -0.25) is 9.59 Å². The number of carboxylic acid groups (broad SMARTS) is 1. The zero-order valence-corrected chi connectivity index (χ0v) is 18.1. The number of pyridine rings is 1. The first-order valence-electron chi connectivity index (χ1n) is 10.9. The first kappa shape index (κ1) is 21.3. The first-order chi connectivity index (χ1) is 14.8. The van der Waals surface area contributed by atoms with Crippen LogP contribution in [0, 0.1) is 6.92 Å². The molecule has 0 spiro atoms. The van der Waals surface area contributed by atoms with Gasteiger partial charge >= 0.3 is 5.97 Å². The van der Waals surface area contributed by atoms with Gasteiger partial charge < -0.3 is 19.5 Å². The summed E-state index contributed by atoms with van der Waals surface area (Å²) in [5, 5.41) is 9.68. The molecule has 1 N–H and O–H groups in total. The molecule has 2 aliphatic rings. The Labute approximate surface area is 181 Å². The number of aromatic nitrogens is 1. The van der Waals surface area contributed by atoms with Crippen LogP contribution in [0.25, 0.3) is 0 Å². The van der Waals surface area contributed by atoms with Gasteiger partial charge in [-0.1, -0.05) is 24.3 Å². The second-order valence-electron chi connectivity index (χ2n) is 8.64. The van der Waals surface area contributed by atoms with Crippen molar-refractivity contribution in [1.82, 2.24) is 14.4 Å². The number of nitrogens with zero attached hydrogens (tertiary/aromatic N) is 3. The number of carbonyl (C=O) groups excluding carboxylic acids is 1. The highest BCUT2D eigenvalue weighted by Gasteiger charge is 2.28. The molecule has 2 aliphatic heterocycles. The molecule has 7 nitrogen and oxygen atoms in total. The second kappa shape index (κ2) is 8.67. The Kier molecular flexibility index (Phi) is 5.96. The average molecular weight is 424 g/mol. The molecule has 0 radical (unpaired) electrons. The largest absolute Gasteiger partial charge is 0.477 e. The van der Waals surface area contributed by atoms with Gasteiger partial charge in [-0.25, -0.2) is 4.79 Å². The maximum atomic E-state index is 12.9. The summed E-state index contributed by atoms with van der Waals surface area (Å²) in [5.74, 6) is -0.743. The van der Waals surface area contributed by atoms with E-state index in [4.69, 9.17) is 0 Å². The molecule has 1 aromatic heterocycles. The number of amides is 1. The first-order valence-corrected chi connectivity index (χ1v) is 10.9. The third-order valence-electron chi connectivity index (χ3n) is 6.69. The summed E-state index contributed by atoms with van der Waals surface area (Å²) in [6, 6.07) is 8.47. The second-order valence-corrected chi connectivity index (χ2v) is 8.64. The number of rotatable bonds is 5. The zero-order chi connectivity index (χ0) is 22.1. The number of likely N-dealkylation sites (tertiary alicyclic amines) is 1. The molecule has 3 heterocycles. The molecule has 1 amide bonds. The van der Waals surface area contributed by atoms with Crippen LogP contribution in [0.5, 0.6) is 0 Å². The summed E-state index contributed by atoms with van der Waals surface area (Å²) in [6.45, 7) is 7.48. The number of carboxylic acids is 1. The molecule has 0 bridgehead atoms. The quantitative estimate of drug-likeness (QED) is 0.798. The van der Waals surface area contributed by atoms with Gasteiger partial charge in [-0.05, 0) is 54.5 Å². The van der Waals surface area contributed by atoms with Gasteiger partial charge in [0, 0.05) is 45.8 Å². The monoisotopic (exact) mass is 423 g/mol. The van der Waals surface area contributed by atoms with Crippen LogP contribution in [0.4, 0.5) is 0 Å². The number of fused-ring (bicyclic) bond motifs is 1. The summed E-state index contributed by atoms with van der Waals surface area (Å²) in [5.41, 5.74) is 3.44. The van der Waals surface area contributed by atoms with E-state index in [2.05, 4.69) is 36.1 Å². The normalized spacial score (nSPS) is 18.8. The Hall–Kier alpha value is -2.93. The van der Waals surface area contributed by atoms with Crippen LogP contribution in [-0.4, -0.2) is 57.5 Å². The Morgan fingerprint density at radius 2 is 1.94 bits per heavy atom. The maximum Gasteiger partial charge on any atom is 0.341 e. The minimum absolute atomic E-state index is 0.0420. The maximum absolute atomic E-state index is 12.9. The number of aryl methyl sites for hydroxylation is 1. The number of hydrogen-bond acceptors (Lipinski definition) is 4. The summed E-state index contributed by atoms with van der Waals surface area (Å²) in [4.78, 5) is 40.6. The van der Waals surface area contributed by atoms with Crippen LogP contribution in [-0.2, 0) is 24.3 Å². The van der Waals surface area contributed by atoms with Gasteiger partial charge in [0.25, 0.3) is 5.56 Å². The summed E-state index contributed by atoms with van der Waals surface area (Å²) in [7, 11) is 0. The molecule has 7 heteroatoms. The van der Waals surface area contributed by atoms with Crippen molar-refractivity contribution in [2.75, 3.05) is 26.2 Å². The lowest BCUT2D eigenvalue weighted by Crippen LogP contribution is -2.39. The van der Waals surface area contributed by atoms with E-state index in [1.54, 1.807) is 11.1 Å². The Morgan fingerprint density at radius 3 is 2.65 bits per heavy atom. The standard InChI is InChI=1S/C24H29N3O4/c1-16-5-3-4-6-20(16)18-7-9-25(13-18)11-12-27-15-19-14-26(17(2)28)10-8-21(19)22(23(27)29)24(30)31/h3-6,15,18H,7-14H2,1-2H3,(H,30,31). The number of hydrogen-bond donors (Lipinski definition) is 1. The molecule has 164 valence electrons. The van der Waals surface area contributed by atoms with Gasteiger partial charge in [-0.2, -0.15) is 0 Å². The van der Waals surface area contributed by atoms with Crippen molar-refractivity contribution >= 4 is 11.9 Å². The molecule has 4 rings (SSSR count).